The third-order valence-electron chi connectivity index (χ3n) is 2.80. The predicted molar refractivity (Wildman–Crippen MR) is 49.9 cm³/mol. The smallest absolute Gasteiger partial charge is 0.0601 e. The van der Waals surface area contributed by atoms with E-state index in [-0.39, 0.29) is 18.7 Å². The van der Waals surface area contributed by atoms with Gasteiger partial charge in [0.25, 0.3) is 0 Å². The van der Waals surface area contributed by atoms with Crippen LogP contribution in [0.5, 0.6) is 0 Å². The topological polar surface area (TPSA) is 49.5 Å². The van der Waals surface area contributed by atoms with Gasteiger partial charge in [0, 0.05) is 18.1 Å². The van der Waals surface area contributed by atoms with Gasteiger partial charge < -0.3 is 10.8 Å². The number of rotatable bonds is 5. The Hall–Kier alpha value is -0.120. The van der Waals surface area contributed by atoms with Gasteiger partial charge in [0.05, 0.1) is 6.61 Å². The second kappa shape index (κ2) is 4.21. The van der Waals surface area contributed by atoms with Crippen LogP contribution < -0.4 is 5.73 Å². The average molecular weight is 172 g/mol. The molecule has 0 heterocycles. The highest BCUT2D eigenvalue weighted by Gasteiger charge is 2.32. The fourth-order valence-corrected chi connectivity index (χ4v) is 1.59. The Morgan fingerprint density at radius 1 is 1.58 bits per heavy atom. The zero-order chi connectivity index (χ0) is 9.14. The molecule has 2 atom stereocenters. The first-order valence-electron chi connectivity index (χ1n) is 4.79. The molecule has 1 rings (SSSR count). The van der Waals surface area contributed by atoms with Gasteiger partial charge in [0.15, 0.2) is 0 Å². The van der Waals surface area contributed by atoms with Crippen LogP contribution in [0.15, 0.2) is 0 Å². The molecule has 0 aromatic carbocycles. The number of aliphatic hydroxyl groups is 1. The fraction of sp³-hybridized carbons (Fsp3) is 1.00. The molecule has 0 radical (unpaired) electrons. The molecule has 0 aromatic heterocycles. The number of hydrogen-bond acceptors (Lipinski definition) is 3. The van der Waals surface area contributed by atoms with Crippen LogP contribution in [0.25, 0.3) is 0 Å². The molecule has 72 valence electrons. The van der Waals surface area contributed by atoms with E-state index in [2.05, 4.69) is 18.9 Å². The highest BCUT2D eigenvalue weighted by molar-refractivity contribution is 4.90. The number of nitrogens with two attached hydrogens (primary N) is 1. The Morgan fingerprint density at radius 3 is 2.50 bits per heavy atom. The number of likely N-dealkylation sites (N-methyl/N-ethyl adjacent to an activating group) is 1. The minimum absolute atomic E-state index is 0.112. The Labute approximate surface area is 74.5 Å². The van der Waals surface area contributed by atoms with E-state index in [0.717, 1.165) is 6.42 Å². The minimum atomic E-state index is 0.112. The van der Waals surface area contributed by atoms with Crippen molar-refractivity contribution in [2.24, 2.45) is 5.73 Å². The second-order valence-electron chi connectivity index (χ2n) is 3.72. The summed E-state index contributed by atoms with van der Waals surface area (Å²) in [6, 6.07) is 0.947. The second-order valence-corrected chi connectivity index (χ2v) is 3.72. The summed E-state index contributed by atoms with van der Waals surface area (Å²) >= 11 is 0. The van der Waals surface area contributed by atoms with Gasteiger partial charge in [0.2, 0.25) is 0 Å². The van der Waals surface area contributed by atoms with E-state index in [4.69, 9.17) is 10.8 Å². The standard InChI is InChI=1S/C9H20N2O/c1-3-8(10)9(6-12)11(2)7-4-5-7/h7-9,12H,3-6,10H2,1-2H3. The van der Waals surface area contributed by atoms with Crippen LogP contribution in [0.3, 0.4) is 0 Å². The van der Waals surface area contributed by atoms with Gasteiger partial charge in [-0.2, -0.15) is 0 Å². The van der Waals surface area contributed by atoms with E-state index in [9.17, 15) is 0 Å². The maximum atomic E-state index is 9.15. The summed E-state index contributed by atoms with van der Waals surface area (Å²) in [4.78, 5) is 2.23. The first kappa shape index (κ1) is 9.96. The zero-order valence-electron chi connectivity index (χ0n) is 8.03. The summed E-state index contributed by atoms with van der Waals surface area (Å²) in [6.07, 6.45) is 3.47. The van der Waals surface area contributed by atoms with Crippen molar-refractivity contribution in [2.75, 3.05) is 13.7 Å². The molecule has 0 spiro atoms. The molecule has 3 nitrogen and oxygen atoms in total. The lowest BCUT2D eigenvalue weighted by Crippen LogP contribution is -2.49. The molecule has 0 amide bonds. The predicted octanol–water partition coefficient (Wildman–Crippen LogP) is 0.179. The van der Waals surface area contributed by atoms with Crippen LogP contribution in [-0.2, 0) is 0 Å². The maximum absolute atomic E-state index is 9.15. The Balaban J connectivity index is 2.41. The van der Waals surface area contributed by atoms with Crippen molar-refractivity contribution in [3.63, 3.8) is 0 Å². The summed E-state index contributed by atoms with van der Waals surface area (Å²) in [6.45, 7) is 2.25. The third-order valence-corrected chi connectivity index (χ3v) is 2.80. The van der Waals surface area contributed by atoms with Crippen molar-refractivity contribution in [1.82, 2.24) is 4.90 Å². The molecule has 3 N–H and O–H groups in total. The first-order valence-corrected chi connectivity index (χ1v) is 4.79. The highest BCUT2D eigenvalue weighted by atomic mass is 16.3. The molecule has 1 aliphatic rings. The summed E-state index contributed by atoms with van der Waals surface area (Å²) in [5.41, 5.74) is 5.89. The van der Waals surface area contributed by atoms with Crippen LogP contribution in [0.4, 0.5) is 0 Å². The fourth-order valence-electron chi connectivity index (χ4n) is 1.59. The lowest BCUT2D eigenvalue weighted by molar-refractivity contribution is 0.119. The molecule has 0 saturated heterocycles. The molecular weight excluding hydrogens is 152 g/mol. The molecule has 0 aromatic rings. The average Bonchev–Trinajstić information content (AvgIpc) is 2.87. The van der Waals surface area contributed by atoms with E-state index < -0.39 is 0 Å². The Morgan fingerprint density at radius 2 is 2.17 bits per heavy atom. The van der Waals surface area contributed by atoms with Crippen molar-refractivity contribution in [2.45, 2.75) is 44.3 Å². The largest absolute Gasteiger partial charge is 0.395 e. The van der Waals surface area contributed by atoms with Crippen molar-refractivity contribution >= 4 is 0 Å². The van der Waals surface area contributed by atoms with Gasteiger partial charge in [0.1, 0.15) is 0 Å². The van der Waals surface area contributed by atoms with Crippen LogP contribution in [0, 0.1) is 0 Å². The van der Waals surface area contributed by atoms with E-state index in [1.165, 1.54) is 12.8 Å². The quantitative estimate of drug-likeness (QED) is 0.622. The van der Waals surface area contributed by atoms with E-state index >= 15 is 0 Å². The summed E-state index contributed by atoms with van der Waals surface area (Å²) in [7, 11) is 2.06. The first-order chi connectivity index (χ1) is 5.70. The van der Waals surface area contributed by atoms with Crippen molar-refractivity contribution in [3.05, 3.63) is 0 Å². The molecule has 12 heavy (non-hydrogen) atoms. The SMILES string of the molecule is CCC(N)C(CO)N(C)C1CC1. The number of hydrogen-bond donors (Lipinski definition) is 2. The van der Waals surface area contributed by atoms with Gasteiger partial charge in [-0.3, -0.25) is 4.90 Å². The zero-order valence-corrected chi connectivity index (χ0v) is 8.03. The lowest BCUT2D eigenvalue weighted by Gasteiger charge is -2.30. The normalized spacial score (nSPS) is 22.8. The Bertz CT molecular complexity index is 136. The summed E-state index contributed by atoms with van der Waals surface area (Å²) in [5.74, 6) is 0. The lowest BCUT2D eigenvalue weighted by atomic mass is 10.1. The number of aliphatic hydroxyl groups excluding tert-OH is 1. The molecule has 0 aliphatic heterocycles. The summed E-state index contributed by atoms with van der Waals surface area (Å²) in [5, 5.41) is 9.15. The highest BCUT2D eigenvalue weighted by Crippen LogP contribution is 2.27. The molecule has 1 saturated carbocycles. The van der Waals surface area contributed by atoms with Crippen LogP contribution in [0.1, 0.15) is 26.2 Å². The van der Waals surface area contributed by atoms with Gasteiger partial charge >= 0.3 is 0 Å². The molecule has 3 heteroatoms. The maximum Gasteiger partial charge on any atom is 0.0601 e. The van der Waals surface area contributed by atoms with Gasteiger partial charge in [-0.1, -0.05) is 6.92 Å². The van der Waals surface area contributed by atoms with E-state index in [1.807, 2.05) is 0 Å². The molecule has 1 fully saturated rings. The minimum Gasteiger partial charge on any atom is -0.395 e. The molecule has 2 unspecified atom stereocenters. The van der Waals surface area contributed by atoms with E-state index in [0.29, 0.717) is 6.04 Å². The number of nitrogens with zero attached hydrogens (tertiary/aromatic N) is 1. The van der Waals surface area contributed by atoms with Gasteiger partial charge in [-0.25, -0.2) is 0 Å². The molecule has 0 bridgehead atoms. The van der Waals surface area contributed by atoms with Gasteiger partial charge in [-0.15, -0.1) is 0 Å². The monoisotopic (exact) mass is 172 g/mol. The summed E-state index contributed by atoms with van der Waals surface area (Å²) < 4.78 is 0. The van der Waals surface area contributed by atoms with Crippen LogP contribution in [-0.4, -0.2) is 41.8 Å². The van der Waals surface area contributed by atoms with E-state index in [1.54, 1.807) is 0 Å². The van der Waals surface area contributed by atoms with Crippen molar-refractivity contribution in [3.8, 4) is 0 Å². The van der Waals surface area contributed by atoms with Crippen molar-refractivity contribution < 1.29 is 5.11 Å². The van der Waals surface area contributed by atoms with Crippen LogP contribution in [0.2, 0.25) is 0 Å². The van der Waals surface area contributed by atoms with Gasteiger partial charge in [-0.05, 0) is 26.3 Å². The van der Waals surface area contributed by atoms with Crippen LogP contribution >= 0.6 is 0 Å². The molecular formula is C9H20N2O. The Kier molecular flexibility index (Phi) is 3.50. The third kappa shape index (κ3) is 2.19. The molecule has 1 aliphatic carbocycles. The van der Waals surface area contributed by atoms with Crippen molar-refractivity contribution in [1.29, 1.82) is 0 Å².